The maximum atomic E-state index is 9.88. The Morgan fingerprint density at radius 3 is 2.55 bits per heavy atom. The van der Waals surface area contributed by atoms with Crippen LogP contribution in [-0.4, -0.2) is 23.4 Å². The lowest BCUT2D eigenvalue weighted by Crippen LogP contribution is -2.57. The van der Waals surface area contributed by atoms with E-state index in [0.29, 0.717) is 6.61 Å². The molecule has 0 bridgehead atoms. The lowest BCUT2D eigenvalue weighted by Gasteiger charge is -2.45. The molecule has 0 spiro atoms. The quantitative estimate of drug-likeness (QED) is 0.675. The van der Waals surface area contributed by atoms with Gasteiger partial charge in [-0.05, 0) is 12.8 Å². The Balaban J connectivity index is 2.32. The van der Waals surface area contributed by atoms with E-state index >= 15 is 0 Å². The standard InChI is InChI=1S/C9H18O2/c1-3-5-8-9(10,6-4-2)7-11-8/h8,10H,3-7H2,1-2H3. The van der Waals surface area contributed by atoms with Crippen LogP contribution in [0.2, 0.25) is 0 Å². The van der Waals surface area contributed by atoms with Crippen molar-refractivity contribution in [2.24, 2.45) is 0 Å². The second kappa shape index (κ2) is 3.55. The summed E-state index contributed by atoms with van der Waals surface area (Å²) in [5, 5.41) is 9.88. The summed E-state index contributed by atoms with van der Waals surface area (Å²) in [5.74, 6) is 0. The van der Waals surface area contributed by atoms with Crippen LogP contribution >= 0.6 is 0 Å². The van der Waals surface area contributed by atoms with Crippen LogP contribution in [0.4, 0.5) is 0 Å². The van der Waals surface area contributed by atoms with Crippen LogP contribution in [0.5, 0.6) is 0 Å². The van der Waals surface area contributed by atoms with E-state index in [9.17, 15) is 5.11 Å². The molecule has 1 heterocycles. The number of aliphatic hydroxyl groups is 1. The monoisotopic (exact) mass is 158 g/mol. The molecule has 0 aliphatic carbocycles. The van der Waals surface area contributed by atoms with Crippen LogP contribution in [0.25, 0.3) is 0 Å². The van der Waals surface area contributed by atoms with Crippen LogP contribution in [0.3, 0.4) is 0 Å². The van der Waals surface area contributed by atoms with Crippen LogP contribution in [-0.2, 0) is 4.74 Å². The summed E-state index contributed by atoms with van der Waals surface area (Å²) in [6, 6.07) is 0. The van der Waals surface area contributed by atoms with Gasteiger partial charge in [-0.1, -0.05) is 26.7 Å². The molecule has 1 rings (SSSR count). The molecule has 2 nitrogen and oxygen atoms in total. The minimum atomic E-state index is -0.481. The molecule has 66 valence electrons. The molecule has 0 aromatic carbocycles. The first-order valence-electron chi connectivity index (χ1n) is 4.57. The van der Waals surface area contributed by atoms with Gasteiger partial charge in [0.05, 0.1) is 12.7 Å². The van der Waals surface area contributed by atoms with Crippen molar-refractivity contribution < 1.29 is 9.84 Å². The van der Waals surface area contributed by atoms with Gasteiger partial charge in [-0.15, -0.1) is 0 Å². The molecule has 2 atom stereocenters. The van der Waals surface area contributed by atoms with Gasteiger partial charge in [0.25, 0.3) is 0 Å². The maximum absolute atomic E-state index is 9.88. The van der Waals surface area contributed by atoms with Gasteiger partial charge in [0.2, 0.25) is 0 Å². The first-order chi connectivity index (χ1) is 5.23. The van der Waals surface area contributed by atoms with Crippen molar-refractivity contribution in [2.75, 3.05) is 6.61 Å². The molecule has 0 aromatic heterocycles. The highest BCUT2D eigenvalue weighted by Gasteiger charge is 2.44. The average molecular weight is 158 g/mol. The Kier molecular flexibility index (Phi) is 2.90. The highest BCUT2D eigenvalue weighted by Crippen LogP contribution is 2.32. The third-order valence-electron chi connectivity index (χ3n) is 2.37. The smallest absolute Gasteiger partial charge is 0.114 e. The topological polar surface area (TPSA) is 29.5 Å². The predicted molar refractivity (Wildman–Crippen MR) is 44.5 cm³/mol. The largest absolute Gasteiger partial charge is 0.385 e. The normalized spacial score (nSPS) is 36.8. The van der Waals surface area contributed by atoms with E-state index < -0.39 is 5.60 Å². The zero-order valence-corrected chi connectivity index (χ0v) is 7.47. The van der Waals surface area contributed by atoms with E-state index in [4.69, 9.17) is 4.74 Å². The summed E-state index contributed by atoms with van der Waals surface area (Å²) in [6.07, 6.45) is 4.14. The van der Waals surface area contributed by atoms with Gasteiger partial charge in [0.1, 0.15) is 5.60 Å². The van der Waals surface area contributed by atoms with Gasteiger partial charge in [0, 0.05) is 0 Å². The average Bonchev–Trinajstić information content (AvgIpc) is 1.99. The fraction of sp³-hybridized carbons (Fsp3) is 1.00. The third-order valence-corrected chi connectivity index (χ3v) is 2.37. The van der Waals surface area contributed by atoms with Crippen molar-refractivity contribution in [3.63, 3.8) is 0 Å². The second-order valence-corrected chi connectivity index (χ2v) is 3.44. The Morgan fingerprint density at radius 2 is 2.18 bits per heavy atom. The number of ether oxygens (including phenoxy) is 1. The fourth-order valence-electron chi connectivity index (χ4n) is 1.67. The van der Waals surface area contributed by atoms with E-state index in [1.54, 1.807) is 0 Å². The first kappa shape index (κ1) is 9.01. The van der Waals surface area contributed by atoms with Crippen molar-refractivity contribution in [3.8, 4) is 0 Å². The van der Waals surface area contributed by atoms with Crippen molar-refractivity contribution >= 4 is 0 Å². The van der Waals surface area contributed by atoms with Gasteiger partial charge in [-0.25, -0.2) is 0 Å². The van der Waals surface area contributed by atoms with Gasteiger partial charge < -0.3 is 9.84 Å². The molecule has 1 aliphatic heterocycles. The molecule has 1 saturated heterocycles. The summed E-state index contributed by atoms with van der Waals surface area (Å²) in [7, 11) is 0. The lowest BCUT2D eigenvalue weighted by atomic mass is 9.85. The highest BCUT2D eigenvalue weighted by atomic mass is 16.6. The van der Waals surface area contributed by atoms with Crippen molar-refractivity contribution in [2.45, 2.75) is 51.2 Å². The Labute approximate surface area is 68.6 Å². The molecular weight excluding hydrogens is 140 g/mol. The van der Waals surface area contributed by atoms with E-state index in [-0.39, 0.29) is 6.10 Å². The molecule has 1 fully saturated rings. The minimum Gasteiger partial charge on any atom is -0.385 e. The molecular formula is C9H18O2. The number of hydrogen-bond acceptors (Lipinski definition) is 2. The molecule has 11 heavy (non-hydrogen) atoms. The number of hydrogen-bond donors (Lipinski definition) is 1. The SMILES string of the molecule is CCCC1OCC1(O)CCC. The van der Waals surface area contributed by atoms with Crippen LogP contribution in [0.15, 0.2) is 0 Å². The summed E-state index contributed by atoms with van der Waals surface area (Å²) in [6.45, 7) is 4.76. The molecule has 0 saturated carbocycles. The zero-order valence-electron chi connectivity index (χ0n) is 7.47. The van der Waals surface area contributed by atoms with Gasteiger partial charge in [0.15, 0.2) is 0 Å². The summed E-state index contributed by atoms with van der Waals surface area (Å²) in [5.41, 5.74) is -0.481. The number of rotatable bonds is 4. The van der Waals surface area contributed by atoms with Crippen molar-refractivity contribution in [3.05, 3.63) is 0 Å². The first-order valence-corrected chi connectivity index (χ1v) is 4.57. The van der Waals surface area contributed by atoms with Gasteiger partial charge in [-0.2, -0.15) is 0 Å². The Bertz CT molecular complexity index is 125. The second-order valence-electron chi connectivity index (χ2n) is 3.44. The Morgan fingerprint density at radius 1 is 1.45 bits per heavy atom. The van der Waals surface area contributed by atoms with E-state index in [1.165, 1.54) is 0 Å². The lowest BCUT2D eigenvalue weighted by molar-refractivity contribution is -0.242. The molecule has 1 aliphatic rings. The van der Waals surface area contributed by atoms with Gasteiger partial charge in [-0.3, -0.25) is 0 Å². The minimum absolute atomic E-state index is 0.118. The summed E-state index contributed by atoms with van der Waals surface area (Å²) < 4.78 is 5.29. The summed E-state index contributed by atoms with van der Waals surface area (Å²) >= 11 is 0. The summed E-state index contributed by atoms with van der Waals surface area (Å²) in [4.78, 5) is 0. The Hall–Kier alpha value is -0.0800. The molecule has 0 radical (unpaired) electrons. The van der Waals surface area contributed by atoms with E-state index in [1.807, 2.05) is 0 Å². The predicted octanol–water partition coefficient (Wildman–Crippen LogP) is 1.72. The maximum Gasteiger partial charge on any atom is 0.114 e. The van der Waals surface area contributed by atoms with Crippen LogP contribution in [0.1, 0.15) is 39.5 Å². The van der Waals surface area contributed by atoms with E-state index in [2.05, 4.69) is 13.8 Å². The fourth-order valence-corrected chi connectivity index (χ4v) is 1.67. The molecule has 0 aromatic rings. The molecule has 1 N–H and O–H groups in total. The molecule has 0 amide bonds. The van der Waals surface area contributed by atoms with Crippen LogP contribution < -0.4 is 0 Å². The van der Waals surface area contributed by atoms with Crippen LogP contribution in [0, 0.1) is 0 Å². The highest BCUT2D eigenvalue weighted by molar-refractivity contribution is 4.94. The van der Waals surface area contributed by atoms with Crippen molar-refractivity contribution in [1.82, 2.24) is 0 Å². The molecule has 2 unspecified atom stereocenters. The van der Waals surface area contributed by atoms with E-state index in [0.717, 1.165) is 25.7 Å². The molecule has 2 heteroatoms. The third kappa shape index (κ3) is 1.74. The van der Waals surface area contributed by atoms with Gasteiger partial charge >= 0.3 is 0 Å². The zero-order chi connectivity index (χ0) is 8.32. The van der Waals surface area contributed by atoms with Crippen molar-refractivity contribution in [1.29, 1.82) is 0 Å².